The smallest absolute Gasteiger partial charge is 0.273 e. The number of thiazole rings is 1. The van der Waals surface area contributed by atoms with Crippen LogP contribution in [0.2, 0.25) is 0 Å². The number of nitrogens with zero attached hydrogens (tertiary/aromatic N) is 2. The lowest BCUT2D eigenvalue weighted by Crippen LogP contribution is -2.55. The van der Waals surface area contributed by atoms with Gasteiger partial charge in [-0.05, 0) is 12.8 Å². The maximum Gasteiger partial charge on any atom is 0.273 e. The molecule has 1 aromatic heterocycles. The maximum absolute atomic E-state index is 12.2. The summed E-state index contributed by atoms with van der Waals surface area (Å²) >= 11 is 1.41. The molecule has 2 N–H and O–H groups in total. The number of aliphatic hydroxyl groups is 2. The summed E-state index contributed by atoms with van der Waals surface area (Å²) in [5.41, 5.74) is 1.75. The fourth-order valence-electron chi connectivity index (χ4n) is 2.90. The molecule has 7 heteroatoms. The van der Waals surface area contributed by atoms with Crippen LogP contribution in [0.25, 0.3) is 0 Å². The van der Waals surface area contributed by atoms with Crippen LogP contribution in [0.5, 0.6) is 0 Å². The van der Waals surface area contributed by atoms with Crippen LogP contribution in [-0.2, 0) is 4.74 Å². The molecule has 0 aromatic carbocycles. The van der Waals surface area contributed by atoms with Gasteiger partial charge in [-0.2, -0.15) is 0 Å². The summed E-state index contributed by atoms with van der Waals surface area (Å²) in [6.07, 6.45) is 0.284. The molecular formula is C13H18N2O4S. The second-order valence-corrected chi connectivity index (χ2v) is 6.22. The molecule has 0 radical (unpaired) electrons. The Bertz CT molecular complexity index is 471. The molecule has 2 fully saturated rings. The summed E-state index contributed by atoms with van der Waals surface area (Å²) in [5, 5.41) is 21.1. The second-order valence-electron chi connectivity index (χ2n) is 5.50. The number of hydrogen-bond donors (Lipinski definition) is 2. The molecule has 3 heterocycles. The average Bonchev–Trinajstić information content (AvgIpc) is 2.98. The molecule has 0 unspecified atom stereocenters. The van der Waals surface area contributed by atoms with Gasteiger partial charge in [0.15, 0.2) is 0 Å². The van der Waals surface area contributed by atoms with Gasteiger partial charge in [-0.15, -0.1) is 11.3 Å². The number of ether oxygens (including phenoxy) is 1. The molecule has 2 saturated heterocycles. The van der Waals surface area contributed by atoms with E-state index in [2.05, 4.69) is 4.98 Å². The zero-order valence-electron chi connectivity index (χ0n) is 11.1. The average molecular weight is 298 g/mol. The number of carbonyl (C=O) groups is 1. The molecule has 6 nitrogen and oxygen atoms in total. The third kappa shape index (κ3) is 2.58. The SMILES string of the molecule is O=C(c1cscn1)N1CCC2(CC1)C[C@@H](O)[C@@H](O)CO2. The summed E-state index contributed by atoms with van der Waals surface area (Å²) in [4.78, 5) is 18.0. The molecule has 1 aromatic rings. The number of aromatic nitrogens is 1. The minimum absolute atomic E-state index is 0.0440. The third-order valence-electron chi connectivity index (χ3n) is 4.20. The van der Waals surface area contributed by atoms with Gasteiger partial charge in [0.05, 0.1) is 23.8 Å². The number of amides is 1. The quantitative estimate of drug-likeness (QED) is 0.777. The van der Waals surface area contributed by atoms with Crippen molar-refractivity contribution < 1.29 is 19.7 Å². The molecule has 20 heavy (non-hydrogen) atoms. The number of likely N-dealkylation sites (tertiary alicyclic amines) is 1. The van der Waals surface area contributed by atoms with Crippen molar-refractivity contribution in [3.63, 3.8) is 0 Å². The van der Waals surface area contributed by atoms with Crippen LogP contribution < -0.4 is 0 Å². The molecule has 0 bridgehead atoms. The lowest BCUT2D eigenvalue weighted by atomic mass is 9.82. The summed E-state index contributed by atoms with van der Waals surface area (Å²) in [6.45, 7) is 1.36. The first-order chi connectivity index (χ1) is 9.60. The number of rotatable bonds is 1. The van der Waals surface area contributed by atoms with E-state index in [-0.39, 0.29) is 12.5 Å². The van der Waals surface area contributed by atoms with E-state index in [9.17, 15) is 15.0 Å². The van der Waals surface area contributed by atoms with E-state index in [1.54, 1.807) is 15.8 Å². The van der Waals surface area contributed by atoms with Crippen molar-refractivity contribution >= 4 is 17.2 Å². The summed E-state index contributed by atoms with van der Waals surface area (Å²) in [7, 11) is 0. The first kappa shape index (κ1) is 13.9. The van der Waals surface area contributed by atoms with Gasteiger partial charge >= 0.3 is 0 Å². The Morgan fingerprint density at radius 1 is 1.40 bits per heavy atom. The van der Waals surface area contributed by atoms with Gasteiger partial charge in [0.1, 0.15) is 11.8 Å². The molecule has 2 atom stereocenters. The predicted octanol–water partition coefficient (Wildman–Crippen LogP) is 0.260. The Morgan fingerprint density at radius 2 is 2.15 bits per heavy atom. The molecule has 1 amide bonds. The largest absolute Gasteiger partial charge is 0.390 e. The Kier molecular flexibility index (Phi) is 3.76. The Balaban J connectivity index is 1.61. The first-order valence-corrected chi connectivity index (χ1v) is 7.71. The van der Waals surface area contributed by atoms with Crippen molar-refractivity contribution in [2.24, 2.45) is 0 Å². The van der Waals surface area contributed by atoms with Gasteiger partial charge in [-0.3, -0.25) is 4.79 Å². The van der Waals surface area contributed by atoms with E-state index in [4.69, 9.17) is 4.74 Å². The Hall–Kier alpha value is -1.02. The van der Waals surface area contributed by atoms with Crippen molar-refractivity contribution in [3.8, 4) is 0 Å². The van der Waals surface area contributed by atoms with Gasteiger partial charge in [0.25, 0.3) is 5.91 Å². The van der Waals surface area contributed by atoms with E-state index in [1.807, 2.05) is 0 Å². The van der Waals surface area contributed by atoms with Gasteiger partial charge in [0, 0.05) is 24.9 Å². The van der Waals surface area contributed by atoms with Crippen molar-refractivity contribution in [1.29, 1.82) is 0 Å². The molecule has 2 aliphatic rings. The van der Waals surface area contributed by atoms with E-state index in [1.165, 1.54) is 11.3 Å². The van der Waals surface area contributed by atoms with Crippen LogP contribution in [0.3, 0.4) is 0 Å². The van der Waals surface area contributed by atoms with Gasteiger partial charge in [-0.1, -0.05) is 0 Å². The van der Waals surface area contributed by atoms with E-state index in [0.717, 1.165) is 0 Å². The predicted molar refractivity (Wildman–Crippen MR) is 72.6 cm³/mol. The van der Waals surface area contributed by atoms with Gasteiger partial charge in [0.2, 0.25) is 0 Å². The number of piperidine rings is 1. The maximum atomic E-state index is 12.2. The fourth-order valence-corrected chi connectivity index (χ4v) is 3.42. The highest BCUT2D eigenvalue weighted by molar-refractivity contribution is 7.07. The van der Waals surface area contributed by atoms with Crippen LogP contribution in [0, 0.1) is 0 Å². The molecule has 0 saturated carbocycles. The molecule has 2 aliphatic heterocycles. The molecule has 0 aliphatic carbocycles. The van der Waals surface area contributed by atoms with Gasteiger partial charge < -0.3 is 19.8 Å². The minimum Gasteiger partial charge on any atom is -0.390 e. The van der Waals surface area contributed by atoms with Crippen LogP contribution in [0.1, 0.15) is 29.8 Å². The Labute approximate surface area is 121 Å². The lowest BCUT2D eigenvalue weighted by Gasteiger charge is -2.46. The van der Waals surface area contributed by atoms with Crippen LogP contribution >= 0.6 is 11.3 Å². The highest BCUT2D eigenvalue weighted by atomic mass is 32.1. The summed E-state index contributed by atoms with van der Waals surface area (Å²) in [6, 6.07) is 0. The zero-order valence-corrected chi connectivity index (χ0v) is 11.9. The highest BCUT2D eigenvalue weighted by Crippen LogP contribution is 2.35. The minimum atomic E-state index is -0.796. The number of aliphatic hydroxyl groups excluding tert-OH is 2. The fraction of sp³-hybridized carbons (Fsp3) is 0.692. The summed E-state index contributed by atoms with van der Waals surface area (Å²) < 4.78 is 5.75. The molecule has 110 valence electrons. The van der Waals surface area contributed by atoms with Crippen molar-refractivity contribution in [3.05, 3.63) is 16.6 Å². The molecule has 3 rings (SSSR count). The standard InChI is InChI=1S/C13H18N2O4S/c16-10-5-13(19-6-11(10)17)1-3-15(4-2-13)12(18)9-7-20-8-14-9/h7-8,10-11,16-17H,1-6H2/t10-,11+/m1/s1. The normalized spacial score (nSPS) is 29.6. The van der Waals surface area contributed by atoms with E-state index in [0.29, 0.717) is 38.0 Å². The lowest BCUT2D eigenvalue weighted by molar-refractivity contribution is -0.185. The monoisotopic (exact) mass is 298 g/mol. The highest BCUT2D eigenvalue weighted by Gasteiger charge is 2.43. The zero-order chi connectivity index (χ0) is 14.2. The Morgan fingerprint density at radius 3 is 2.75 bits per heavy atom. The third-order valence-corrected chi connectivity index (χ3v) is 4.79. The topological polar surface area (TPSA) is 82.9 Å². The van der Waals surface area contributed by atoms with E-state index < -0.39 is 17.8 Å². The van der Waals surface area contributed by atoms with Crippen LogP contribution in [0.4, 0.5) is 0 Å². The number of carbonyl (C=O) groups excluding carboxylic acids is 1. The second kappa shape index (κ2) is 5.40. The first-order valence-electron chi connectivity index (χ1n) is 6.77. The van der Waals surface area contributed by atoms with Crippen molar-refractivity contribution in [1.82, 2.24) is 9.88 Å². The molecule has 1 spiro atoms. The summed E-state index contributed by atoms with van der Waals surface area (Å²) in [5.74, 6) is -0.0440. The van der Waals surface area contributed by atoms with Crippen LogP contribution in [-0.4, -0.2) is 63.5 Å². The van der Waals surface area contributed by atoms with E-state index >= 15 is 0 Å². The van der Waals surface area contributed by atoms with Crippen molar-refractivity contribution in [2.75, 3.05) is 19.7 Å². The van der Waals surface area contributed by atoms with Crippen LogP contribution in [0.15, 0.2) is 10.9 Å². The van der Waals surface area contributed by atoms with Crippen molar-refractivity contribution in [2.45, 2.75) is 37.1 Å². The molecular weight excluding hydrogens is 280 g/mol. The van der Waals surface area contributed by atoms with Gasteiger partial charge in [-0.25, -0.2) is 4.98 Å². The number of hydrogen-bond acceptors (Lipinski definition) is 6.